The van der Waals surface area contributed by atoms with Crippen molar-refractivity contribution >= 4 is 23.4 Å². The lowest BCUT2D eigenvalue weighted by atomic mass is 10.1. The van der Waals surface area contributed by atoms with Crippen LogP contribution in [0.3, 0.4) is 0 Å². The molecular weight excluding hydrogens is 387 g/mol. The zero-order chi connectivity index (χ0) is 21.3. The molecule has 3 amide bonds. The number of carbonyl (C=O) groups is 3. The van der Waals surface area contributed by atoms with Gasteiger partial charge in [-0.2, -0.15) is 0 Å². The molecule has 2 aromatic rings. The van der Waals surface area contributed by atoms with Crippen LogP contribution < -0.4 is 9.64 Å². The zero-order valence-electron chi connectivity index (χ0n) is 16.7. The smallest absolute Gasteiger partial charge is 0.253 e. The number of likely N-dealkylation sites (tertiary alicyclic amines) is 1. The molecule has 4 rings (SSSR count). The van der Waals surface area contributed by atoms with Gasteiger partial charge >= 0.3 is 0 Å². The predicted octanol–water partition coefficient (Wildman–Crippen LogP) is 3.41. The minimum Gasteiger partial charge on any atom is -0.487 e. The molecule has 1 atom stereocenters. The van der Waals surface area contributed by atoms with Gasteiger partial charge in [0.25, 0.3) is 5.91 Å². The van der Waals surface area contributed by atoms with Crippen molar-refractivity contribution in [3.63, 3.8) is 0 Å². The molecule has 2 fully saturated rings. The van der Waals surface area contributed by atoms with Crippen molar-refractivity contribution in [2.75, 3.05) is 18.0 Å². The summed E-state index contributed by atoms with van der Waals surface area (Å²) in [6, 6.07) is 12.9. The summed E-state index contributed by atoms with van der Waals surface area (Å²) in [5, 5.41) is 0. The summed E-state index contributed by atoms with van der Waals surface area (Å²) in [6.45, 7) is 2.70. The lowest BCUT2D eigenvalue weighted by Gasteiger charge is -2.32. The first-order chi connectivity index (χ1) is 14.4. The van der Waals surface area contributed by atoms with Crippen LogP contribution in [-0.2, 0) is 9.59 Å². The number of piperidine rings is 1. The molecule has 0 N–H and O–H groups in total. The molecule has 0 spiro atoms. The van der Waals surface area contributed by atoms with Crippen LogP contribution >= 0.6 is 0 Å². The number of rotatable bonds is 4. The van der Waals surface area contributed by atoms with Crippen molar-refractivity contribution < 1.29 is 23.5 Å². The molecular formula is C23H23FN2O4. The van der Waals surface area contributed by atoms with E-state index in [0.717, 1.165) is 4.90 Å². The van der Waals surface area contributed by atoms with E-state index in [1.807, 2.05) is 0 Å². The van der Waals surface area contributed by atoms with Crippen LogP contribution in [0.2, 0.25) is 0 Å². The quantitative estimate of drug-likeness (QED) is 0.725. The number of hydrogen-bond acceptors (Lipinski definition) is 4. The fourth-order valence-corrected chi connectivity index (χ4v) is 3.91. The van der Waals surface area contributed by atoms with E-state index in [9.17, 15) is 18.8 Å². The summed E-state index contributed by atoms with van der Waals surface area (Å²) < 4.78 is 19.5. The minimum absolute atomic E-state index is 0.154. The van der Waals surface area contributed by atoms with Gasteiger partial charge in [0.15, 0.2) is 11.6 Å². The van der Waals surface area contributed by atoms with Gasteiger partial charge in [-0.3, -0.25) is 19.3 Å². The Balaban J connectivity index is 1.41. The second kappa shape index (κ2) is 8.26. The molecule has 0 aliphatic carbocycles. The number of amides is 3. The van der Waals surface area contributed by atoms with E-state index in [0.29, 0.717) is 37.2 Å². The van der Waals surface area contributed by atoms with E-state index in [-0.39, 0.29) is 41.9 Å². The summed E-state index contributed by atoms with van der Waals surface area (Å²) in [5.41, 5.74) is 0.860. The second-order valence-corrected chi connectivity index (χ2v) is 7.76. The highest BCUT2D eigenvalue weighted by Gasteiger charge is 2.37. The number of hydrogen-bond donors (Lipinski definition) is 0. The normalized spacial score (nSPS) is 20.0. The van der Waals surface area contributed by atoms with Crippen molar-refractivity contribution in [2.45, 2.75) is 32.3 Å². The van der Waals surface area contributed by atoms with Crippen LogP contribution in [0.25, 0.3) is 0 Å². The summed E-state index contributed by atoms with van der Waals surface area (Å²) in [4.78, 5) is 40.3. The molecule has 7 heteroatoms. The third kappa shape index (κ3) is 3.92. The van der Waals surface area contributed by atoms with Gasteiger partial charge in [0, 0.05) is 43.8 Å². The summed E-state index contributed by atoms with van der Waals surface area (Å²) in [6.07, 6.45) is 1.23. The zero-order valence-corrected chi connectivity index (χ0v) is 16.7. The lowest BCUT2D eigenvalue weighted by Crippen LogP contribution is -2.42. The minimum atomic E-state index is -0.395. The number of benzene rings is 2. The van der Waals surface area contributed by atoms with Gasteiger partial charge in [0.1, 0.15) is 6.10 Å². The van der Waals surface area contributed by atoms with E-state index >= 15 is 0 Å². The molecule has 0 unspecified atom stereocenters. The first-order valence-corrected chi connectivity index (χ1v) is 10.1. The average molecular weight is 410 g/mol. The van der Waals surface area contributed by atoms with Crippen molar-refractivity contribution in [3.05, 3.63) is 59.9 Å². The van der Waals surface area contributed by atoms with Gasteiger partial charge in [-0.1, -0.05) is 25.1 Å². The lowest BCUT2D eigenvalue weighted by molar-refractivity contribution is -0.122. The van der Waals surface area contributed by atoms with Gasteiger partial charge in [-0.15, -0.1) is 0 Å². The summed E-state index contributed by atoms with van der Waals surface area (Å²) in [7, 11) is 0. The van der Waals surface area contributed by atoms with E-state index in [2.05, 4.69) is 0 Å². The fraction of sp³-hybridized carbons (Fsp3) is 0.348. The van der Waals surface area contributed by atoms with Crippen LogP contribution in [0.5, 0.6) is 5.75 Å². The Morgan fingerprint density at radius 1 is 1.07 bits per heavy atom. The monoisotopic (exact) mass is 410 g/mol. The SMILES string of the molecule is C[C@H]1CC(=O)N(c2cccc(C(=O)N3CCC(Oc4ccccc4F)CC3)c2)C1=O. The van der Waals surface area contributed by atoms with Gasteiger partial charge in [-0.25, -0.2) is 4.39 Å². The van der Waals surface area contributed by atoms with Gasteiger partial charge < -0.3 is 9.64 Å². The van der Waals surface area contributed by atoms with Crippen molar-refractivity contribution in [1.82, 2.24) is 4.90 Å². The molecule has 6 nitrogen and oxygen atoms in total. The maximum atomic E-state index is 13.8. The highest BCUT2D eigenvalue weighted by molar-refractivity contribution is 6.21. The maximum absolute atomic E-state index is 13.8. The van der Waals surface area contributed by atoms with Gasteiger partial charge in [0.2, 0.25) is 11.8 Å². The Hall–Kier alpha value is -3.22. The van der Waals surface area contributed by atoms with E-state index < -0.39 is 5.82 Å². The Bertz CT molecular complexity index is 985. The molecule has 2 aromatic carbocycles. The highest BCUT2D eigenvalue weighted by Crippen LogP contribution is 2.28. The molecule has 0 saturated carbocycles. The van der Waals surface area contributed by atoms with Crippen LogP contribution in [-0.4, -0.2) is 41.8 Å². The Kier molecular flexibility index (Phi) is 5.53. The number of nitrogens with zero attached hydrogens (tertiary/aromatic N) is 2. The standard InChI is InChI=1S/C23H23FN2O4/c1-15-13-21(27)26(22(15)28)17-6-4-5-16(14-17)23(29)25-11-9-18(10-12-25)30-20-8-3-2-7-19(20)24/h2-8,14-15,18H,9-13H2,1H3/t15-/m0/s1. The number of ether oxygens (including phenoxy) is 1. The number of halogens is 1. The van der Waals surface area contributed by atoms with Crippen LogP contribution in [0.4, 0.5) is 10.1 Å². The Labute approximate surface area is 174 Å². The van der Waals surface area contributed by atoms with Crippen LogP contribution in [0, 0.1) is 11.7 Å². The maximum Gasteiger partial charge on any atom is 0.253 e. The molecule has 2 heterocycles. The molecule has 30 heavy (non-hydrogen) atoms. The highest BCUT2D eigenvalue weighted by atomic mass is 19.1. The number of carbonyl (C=O) groups excluding carboxylic acids is 3. The largest absolute Gasteiger partial charge is 0.487 e. The number of imide groups is 1. The molecule has 2 aliphatic heterocycles. The topological polar surface area (TPSA) is 66.9 Å². The van der Waals surface area contributed by atoms with Crippen molar-refractivity contribution in [1.29, 1.82) is 0 Å². The molecule has 2 aliphatic rings. The molecule has 156 valence electrons. The number of para-hydroxylation sites is 1. The molecule has 0 aromatic heterocycles. The summed E-state index contributed by atoms with van der Waals surface area (Å²) in [5.74, 6) is -1.16. The first kappa shape index (κ1) is 20.1. The molecule has 2 saturated heterocycles. The van der Waals surface area contributed by atoms with Crippen LogP contribution in [0.1, 0.15) is 36.5 Å². The third-order valence-corrected chi connectivity index (χ3v) is 5.58. The second-order valence-electron chi connectivity index (χ2n) is 7.76. The Morgan fingerprint density at radius 3 is 2.47 bits per heavy atom. The fourth-order valence-electron chi connectivity index (χ4n) is 3.91. The Morgan fingerprint density at radius 2 is 1.80 bits per heavy atom. The summed E-state index contributed by atoms with van der Waals surface area (Å²) >= 11 is 0. The van der Waals surface area contributed by atoms with Crippen LogP contribution in [0.15, 0.2) is 48.5 Å². The first-order valence-electron chi connectivity index (χ1n) is 10.1. The molecule has 0 bridgehead atoms. The molecule has 0 radical (unpaired) electrons. The van der Waals surface area contributed by atoms with Gasteiger partial charge in [-0.05, 0) is 30.3 Å². The van der Waals surface area contributed by atoms with E-state index in [4.69, 9.17) is 4.74 Å². The van der Waals surface area contributed by atoms with E-state index in [1.165, 1.54) is 6.07 Å². The number of anilines is 1. The average Bonchev–Trinajstić information content (AvgIpc) is 3.01. The van der Waals surface area contributed by atoms with E-state index in [1.54, 1.807) is 54.3 Å². The predicted molar refractivity (Wildman–Crippen MR) is 109 cm³/mol. The third-order valence-electron chi connectivity index (χ3n) is 5.58. The van der Waals surface area contributed by atoms with Crippen molar-refractivity contribution in [3.8, 4) is 5.75 Å². The van der Waals surface area contributed by atoms with Crippen molar-refractivity contribution in [2.24, 2.45) is 5.92 Å². The van der Waals surface area contributed by atoms with Gasteiger partial charge in [0.05, 0.1) is 5.69 Å².